The molecule has 0 saturated carbocycles. The molecular formula is C114H164N2O8. The lowest BCUT2D eigenvalue weighted by atomic mass is 9.95. The largest absolute Gasteiger partial charge is 0.489 e. The van der Waals surface area contributed by atoms with Crippen molar-refractivity contribution in [1.29, 1.82) is 0 Å². The van der Waals surface area contributed by atoms with Gasteiger partial charge in [0.25, 0.3) is 0 Å². The molecule has 0 radical (unpaired) electrons. The van der Waals surface area contributed by atoms with Gasteiger partial charge in [-0.05, 0) is 275 Å². The first kappa shape index (κ1) is 101. The highest BCUT2D eigenvalue weighted by molar-refractivity contribution is 5.84. The molecule has 8 aromatic rings. The third-order valence-corrected chi connectivity index (χ3v) is 25.9. The Balaban J connectivity index is 1.21. The predicted molar refractivity (Wildman–Crippen MR) is 530 cm³/mol. The number of rotatable bonds is 65. The van der Waals surface area contributed by atoms with E-state index in [0.29, 0.717) is 100 Å². The number of pyridine rings is 2. The Kier molecular flexibility index (Phi) is 47.2. The number of benzene rings is 6. The quantitative estimate of drug-likeness (QED) is 0.0366. The van der Waals surface area contributed by atoms with Crippen molar-refractivity contribution in [2.24, 2.45) is 47.3 Å². The Hall–Kier alpha value is -8.50. The lowest BCUT2D eigenvalue weighted by Crippen LogP contribution is -2.14. The highest BCUT2D eigenvalue weighted by atomic mass is 16.5. The summed E-state index contributed by atoms with van der Waals surface area (Å²) in [6.07, 6.45) is 49.4. The zero-order valence-electron chi connectivity index (χ0n) is 80.2. The van der Waals surface area contributed by atoms with E-state index < -0.39 is 0 Å². The lowest BCUT2D eigenvalue weighted by Gasteiger charge is -2.21. The van der Waals surface area contributed by atoms with Crippen molar-refractivity contribution in [1.82, 2.24) is 9.97 Å². The van der Waals surface area contributed by atoms with E-state index in [2.05, 4.69) is 269 Å². The van der Waals surface area contributed by atoms with Crippen LogP contribution in [-0.4, -0.2) is 62.8 Å². The van der Waals surface area contributed by atoms with Crippen molar-refractivity contribution < 1.29 is 37.9 Å². The molecule has 0 saturated heterocycles. The summed E-state index contributed by atoms with van der Waals surface area (Å²) in [5.41, 5.74) is 14.2. The maximum Gasteiger partial charge on any atom is 0.161 e. The van der Waals surface area contributed by atoms with Crippen LogP contribution in [0.25, 0.3) is 80.2 Å². The van der Waals surface area contributed by atoms with E-state index in [-0.39, 0.29) is 0 Å². The molecular weight excluding hydrogens is 1530 g/mol. The normalized spacial score (nSPS) is 13.6. The first-order valence-corrected chi connectivity index (χ1v) is 49.9. The second-order valence-electron chi connectivity index (χ2n) is 35.8. The van der Waals surface area contributed by atoms with Crippen LogP contribution in [0.15, 0.2) is 146 Å². The van der Waals surface area contributed by atoms with Crippen molar-refractivity contribution in [2.45, 2.75) is 316 Å². The lowest BCUT2D eigenvalue weighted by molar-refractivity contribution is 0.199. The van der Waals surface area contributed by atoms with Crippen LogP contribution in [0, 0.1) is 47.3 Å². The molecule has 2 heterocycles. The van der Waals surface area contributed by atoms with E-state index in [9.17, 15) is 0 Å². The molecule has 0 amide bonds. The zero-order valence-corrected chi connectivity index (χ0v) is 80.2. The van der Waals surface area contributed by atoms with Crippen LogP contribution in [0.4, 0.5) is 0 Å². The van der Waals surface area contributed by atoms with Gasteiger partial charge in [0, 0.05) is 12.4 Å². The standard InChI is InChI=1S/C114H164N2O8/c1-17-33-41-85(25-9)77-117-107-57-53-97(73-111(107)121-81-89(29-13)45-37-21-5)101-65-95(66-102(71-101)98-54-58-108(118-78-86(26-10)42-34-18-2)112(74-98)122-82-90(30-14)46-38-22-6)51-49-93-61-63-115-105(69-93)106-70-94(62-64-116-106)50-52-96-67-103(99-55-59-109(119-79-87(27-11)43-35-19-3)113(75-99)123-83-91(31-15)47-39-23-7)72-104(68-96)100-56-60-110(120-80-88(28-12)44-36-20-4)114(76-100)124-84-92(32-16)48-40-24-8/h49-76,85-92H,17-48,77-84H2,1-16H3. The first-order chi connectivity index (χ1) is 60.7. The fourth-order valence-electron chi connectivity index (χ4n) is 16.5. The highest BCUT2D eigenvalue weighted by Crippen LogP contribution is 2.43. The maximum atomic E-state index is 6.95. The van der Waals surface area contributed by atoms with E-state index in [1.807, 2.05) is 12.4 Å². The molecule has 10 heteroatoms. The average molecular weight is 1690 g/mol. The molecule has 0 bridgehead atoms. The summed E-state index contributed by atoms with van der Waals surface area (Å²) in [5.74, 6) is 10.2. The van der Waals surface area contributed by atoms with Gasteiger partial charge in [0.05, 0.1) is 64.2 Å². The third-order valence-electron chi connectivity index (χ3n) is 25.9. The van der Waals surface area contributed by atoms with E-state index in [0.717, 1.165) is 227 Å². The van der Waals surface area contributed by atoms with E-state index in [4.69, 9.17) is 47.9 Å². The molecule has 8 unspecified atom stereocenters. The Morgan fingerprint density at radius 2 is 0.395 bits per heavy atom. The van der Waals surface area contributed by atoms with Gasteiger partial charge in [-0.3, -0.25) is 9.97 Å². The van der Waals surface area contributed by atoms with Crippen molar-refractivity contribution in [3.05, 3.63) is 168 Å². The van der Waals surface area contributed by atoms with Gasteiger partial charge in [0.15, 0.2) is 46.0 Å². The van der Waals surface area contributed by atoms with Gasteiger partial charge in [0.1, 0.15) is 0 Å². The van der Waals surface area contributed by atoms with Crippen LogP contribution < -0.4 is 37.9 Å². The molecule has 6 aromatic carbocycles. The smallest absolute Gasteiger partial charge is 0.161 e. The zero-order chi connectivity index (χ0) is 88.5. The molecule has 2 aromatic heterocycles. The number of unbranched alkanes of at least 4 members (excludes halogenated alkanes) is 8. The van der Waals surface area contributed by atoms with Crippen molar-refractivity contribution in [3.8, 4) is 102 Å². The molecule has 8 atom stereocenters. The SMILES string of the molecule is CCCCC(CC)COc1ccc(-c2cc(C=Cc3ccnc(-c4cc(C=Cc5cc(-c6ccc(OCC(CC)CCCC)c(OCC(CC)CCCC)c6)cc(-c6ccc(OCC(CC)CCCC)c(OCC(CC)CCCC)c6)c5)ccn4)c3)cc(-c3ccc(OCC(CC)CCCC)c(OCC(CC)CCCC)c3)c2)cc1OCC(CC)CCCC. The summed E-state index contributed by atoms with van der Waals surface area (Å²) in [7, 11) is 0. The molecule has 10 nitrogen and oxygen atoms in total. The molecule has 0 spiro atoms. The minimum absolute atomic E-state index is 0.457. The fourth-order valence-corrected chi connectivity index (χ4v) is 16.5. The Morgan fingerprint density at radius 1 is 0.202 bits per heavy atom. The molecule has 124 heavy (non-hydrogen) atoms. The summed E-state index contributed by atoms with van der Waals surface area (Å²) < 4.78 is 55.0. The van der Waals surface area contributed by atoms with Crippen LogP contribution in [0.5, 0.6) is 46.0 Å². The summed E-state index contributed by atoms with van der Waals surface area (Å²) in [6, 6.07) is 48.7. The first-order valence-electron chi connectivity index (χ1n) is 49.9. The number of hydrogen-bond donors (Lipinski definition) is 0. The van der Waals surface area contributed by atoms with Gasteiger partial charge in [0.2, 0.25) is 0 Å². The van der Waals surface area contributed by atoms with Crippen LogP contribution in [0.1, 0.15) is 338 Å². The van der Waals surface area contributed by atoms with Crippen molar-refractivity contribution in [2.75, 3.05) is 52.9 Å². The highest BCUT2D eigenvalue weighted by Gasteiger charge is 2.23. The molecule has 678 valence electrons. The summed E-state index contributed by atoms with van der Waals surface area (Å²) in [4.78, 5) is 10.0. The van der Waals surface area contributed by atoms with E-state index in [1.54, 1.807) is 0 Å². The van der Waals surface area contributed by atoms with Crippen LogP contribution in [0.2, 0.25) is 0 Å². The fraction of sp³-hybridized carbons (Fsp3) is 0.561. The van der Waals surface area contributed by atoms with Crippen molar-refractivity contribution in [3.63, 3.8) is 0 Å². The number of ether oxygens (including phenoxy) is 8. The van der Waals surface area contributed by atoms with Gasteiger partial charge in [-0.15, -0.1) is 0 Å². The van der Waals surface area contributed by atoms with Gasteiger partial charge in [-0.1, -0.05) is 313 Å². The average Bonchev–Trinajstić information content (AvgIpc) is 0.799. The summed E-state index contributed by atoms with van der Waals surface area (Å²) >= 11 is 0. The molecule has 0 aliphatic carbocycles. The molecule has 8 rings (SSSR count). The number of hydrogen-bond acceptors (Lipinski definition) is 10. The Labute approximate surface area is 754 Å². The van der Waals surface area contributed by atoms with Gasteiger partial charge < -0.3 is 37.9 Å². The van der Waals surface area contributed by atoms with Gasteiger partial charge in [-0.25, -0.2) is 0 Å². The molecule has 0 fully saturated rings. The third kappa shape index (κ3) is 34.0. The second kappa shape index (κ2) is 58.0. The van der Waals surface area contributed by atoms with Crippen LogP contribution in [0.3, 0.4) is 0 Å². The van der Waals surface area contributed by atoms with Crippen LogP contribution in [-0.2, 0) is 0 Å². The Morgan fingerprint density at radius 3 is 0.589 bits per heavy atom. The number of nitrogens with zero attached hydrogens (tertiary/aromatic N) is 2. The van der Waals surface area contributed by atoms with Gasteiger partial charge >= 0.3 is 0 Å². The molecule has 0 aliphatic rings. The maximum absolute atomic E-state index is 6.95. The van der Waals surface area contributed by atoms with Gasteiger partial charge in [-0.2, -0.15) is 0 Å². The molecule has 0 aliphatic heterocycles. The van der Waals surface area contributed by atoms with Crippen LogP contribution >= 0.6 is 0 Å². The second-order valence-corrected chi connectivity index (χ2v) is 35.8. The van der Waals surface area contributed by atoms with Crippen molar-refractivity contribution >= 4 is 24.3 Å². The predicted octanol–water partition coefficient (Wildman–Crippen LogP) is 33.9. The van der Waals surface area contributed by atoms with E-state index >= 15 is 0 Å². The minimum Gasteiger partial charge on any atom is -0.489 e. The topological polar surface area (TPSA) is 99.6 Å². The minimum atomic E-state index is 0.457. The summed E-state index contributed by atoms with van der Waals surface area (Å²) in [6.45, 7) is 41.8. The Bertz CT molecular complexity index is 3860. The molecule has 0 N–H and O–H groups in total. The number of aromatic nitrogens is 2. The van der Waals surface area contributed by atoms with E-state index in [1.165, 1.54) is 103 Å². The summed E-state index contributed by atoms with van der Waals surface area (Å²) in [5, 5.41) is 0. The monoisotopic (exact) mass is 1690 g/mol.